The number of carbonyl (C=O) groups excluding carboxylic acids is 3. The van der Waals surface area contributed by atoms with E-state index in [9.17, 15) is 14.4 Å². The van der Waals surface area contributed by atoms with Gasteiger partial charge in [-0.25, -0.2) is 0 Å². The second-order valence-electron chi connectivity index (χ2n) is 21.3. The smallest absolute Gasteiger partial charge is 0.306 e. The van der Waals surface area contributed by atoms with E-state index in [2.05, 4.69) is 93.7 Å². The van der Waals surface area contributed by atoms with Crippen molar-refractivity contribution in [3.8, 4) is 0 Å². The Kier molecular flexibility index (Phi) is 59.7. The van der Waals surface area contributed by atoms with Crippen LogP contribution in [0.3, 0.4) is 0 Å². The predicted octanol–water partition coefficient (Wildman–Crippen LogP) is 21.7. The van der Waals surface area contributed by atoms with Crippen molar-refractivity contribution in [3.05, 3.63) is 72.9 Å². The molecule has 0 rings (SSSR count). The Balaban J connectivity index is 4.05. The summed E-state index contributed by atoms with van der Waals surface area (Å²) in [5.74, 6) is -0.881. The van der Waals surface area contributed by atoms with E-state index in [1.807, 2.05) is 0 Å². The van der Waals surface area contributed by atoms with Gasteiger partial charge in [0, 0.05) is 19.3 Å². The molecule has 0 amide bonds. The van der Waals surface area contributed by atoms with Crippen LogP contribution in [-0.4, -0.2) is 37.2 Å². The van der Waals surface area contributed by atoms with Crippen LogP contribution in [0.5, 0.6) is 0 Å². The number of esters is 3. The molecular formula is C68H120O6. The molecule has 0 aliphatic carbocycles. The van der Waals surface area contributed by atoms with Crippen LogP contribution >= 0.6 is 0 Å². The summed E-state index contributed by atoms with van der Waals surface area (Å²) in [4.78, 5) is 38.0. The minimum absolute atomic E-state index is 0.0759. The molecule has 74 heavy (non-hydrogen) atoms. The lowest BCUT2D eigenvalue weighted by Crippen LogP contribution is -2.30. The van der Waals surface area contributed by atoms with Crippen molar-refractivity contribution >= 4 is 17.9 Å². The molecule has 0 radical (unpaired) electrons. The van der Waals surface area contributed by atoms with Gasteiger partial charge in [0.25, 0.3) is 0 Å². The van der Waals surface area contributed by atoms with Crippen LogP contribution in [0.4, 0.5) is 0 Å². The second kappa shape index (κ2) is 62.4. The summed E-state index contributed by atoms with van der Waals surface area (Å²) in [5.41, 5.74) is 0. The maximum absolute atomic E-state index is 12.8. The molecule has 0 spiro atoms. The van der Waals surface area contributed by atoms with Crippen molar-refractivity contribution in [3.63, 3.8) is 0 Å². The first-order valence-electron chi connectivity index (χ1n) is 31.9. The Labute approximate surface area is 459 Å². The number of rotatable bonds is 58. The van der Waals surface area contributed by atoms with Gasteiger partial charge >= 0.3 is 17.9 Å². The second-order valence-corrected chi connectivity index (χ2v) is 21.3. The van der Waals surface area contributed by atoms with Crippen molar-refractivity contribution in [2.75, 3.05) is 13.2 Å². The molecule has 0 aliphatic heterocycles. The van der Waals surface area contributed by atoms with Crippen molar-refractivity contribution in [1.29, 1.82) is 0 Å². The topological polar surface area (TPSA) is 78.9 Å². The van der Waals surface area contributed by atoms with Crippen LogP contribution in [0.2, 0.25) is 0 Å². The van der Waals surface area contributed by atoms with E-state index in [4.69, 9.17) is 14.2 Å². The quantitative estimate of drug-likeness (QED) is 0.0261. The van der Waals surface area contributed by atoms with Gasteiger partial charge in [0.15, 0.2) is 6.10 Å². The third-order valence-electron chi connectivity index (χ3n) is 13.9. The molecule has 0 heterocycles. The zero-order valence-corrected chi connectivity index (χ0v) is 49.1. The van der Waals surface area contributed by atoms with E-state index in [1.165, 1.54) is 186 Å². The molecule has 1 atom stereocenters. The lowest BCUT2D eigenvalue weighted by Gasteiger charge is -2.18. The molecule has 1 unspecified atom stereocenters. The zero-order valence-electron chi connectivity index (χ0n) is 49.1. The average Bonchev–Trinajstić information content (AvgIpc) is 3.40. The van der Waals surface area contributed by atoms with Crippen LogP contribution in [0.15, 0.2) is 72.9 Å². The number of allylic oxidation sites excluding steroid dienone is 12. The largest absolute Gasteiger partial charge is 0.462 e. The molecule has 428 valence electrons. The van der Waals surface area contributed by atoms with Gasteiger partial charge in [-0.2, -0.15) is 0 Å². The Hall–Kier alpha value is -3.15. The third-order valence-corrected chi connectivity index (χ3v) is 13.9. The van der Waals surface area contributed by atoms with E-state index in [0.717, 1.165) is 96.3 Å². The van der Waals surface area contributed by atoms with Gasteiger partial charge in [-0.1, -0.05) is 286 Å². The molecule has 0 aliphatic rings. The maximum Gasteiger partial charge on any atom is 0.306 e. The lowest BCUT2D eigenvalue weighted by atomic mass is 10.0. The summed E-state index contributed by atoms with van der Waals surface area (Å²) in [5, 5.41) is 0. The summed E-state index contributed by atoms with van der Waals surface area (Å²) < 4.78 is 16.8. The molecule has 6 heteroatoms. The predicted molar refractivity (Wildman–Crippen MR) is 321 cm³/mol. The van der Waals surface area contributed by atoms with E-state index >= 15 is 0 Å². The Morgan fingerprint density at radius 1 is 0.284 bits per heavy atom. The lowest BCUT2D eigenvalue weighted by molar-refractivity contribution is -0.167. The summed E-state index contributed by atoms with van der Waals surface area (Å²) in [7, 11) is 0. The Morgan fingerprint density at radius 3 is 0.824 bits per heavy atom. The van der Waals surface area contributed by atoms with E-state index < -0.39 is 6.10 Å². The Bertz CT molecular complexity index is 1370. The number of carbonyl (C=O) groups is 3. The van der Waals surface area contributed by atoms with Gasteiger partial charge in [0.05, 0.1) is 0 Å². The third kappa shape index (κ3) is 59.7. The highest BCUT2D eigenvalue weighted by molar-refractivity contribution is 5.71. The van der Waals surface area contributed by atoms with Gasteiger partial charge in [0.1, 0.15) is 13.2 Å². The molecule has 0 saturated heterocycles. The highest BCUT2D eigenvalue weighted by Gasteiger charge is 2.19. The first-order valence-corrected chi connectivity index (χ1v) is 31.9. The minimum Gasteiger partial charge on any atom is -0.462 e. The van der Waals surface area contributed by atoms with Crippen LogP contribution in [0.25, 0.3) is 0 Å². The minimum atomic E-state index is -0.776. The first-order chi connectivity index (χ1) is 36.5. The molecule has 0 saturated carbocycles. The zero-order chi connectivity index (χ0) is 53.6. The first kappa shape index (κ1) is 70.8. The van der Waals surface area contributed by atoms with E-state index in [-0.39, 0.29) is 31.1 Å². The number of hydrogen-bond donors (Lipinski definition) is 0. The molecular weight excluding hydrogens is 913 g/mol. The van der Waals surface area contributed by atoms with Gasteiger partial charge in [0.2, 0.25) is 0 Å². The maximum atomic E-state index is 12.8. The van der Waals surface area contributed by atoms with Gasteiger partial charge in [-0.15, -0.1) is 0 Å². The molecule has 0 fully saturated rings. The molecule has 0 N–H and O–H groups in total. The molecule has 0 aromatic carbocycles. The van der Waals surface area contributed by atoms with Gasteiger partial charge < -0.3 is 14.2 Å². The number of hydrogen-bond acceptors (Lipinski definition) is 6. The summed E-state index contributed by atoms with van der Waals surface area (Å²) in [6.07, 6.45) is 80.9. The fourth-order valence-corrected chi connectivity index (χ4v) is 9.17. The standard InChI is InChI=1S/C68H120O6/c1-4-7-10-13-16-18-20-22-24-26-28-30-31-32-33-34-35-36-37-39-40-42-44-46-48-50-52-55-58-61-67(70)73-64-65(63-72-66(69)60-57-54-15-12-9-6-3)74-68(71)62-59-56-53-51-49-47-45-43-41-38-29-27-25-23-21-19-17-14-11-8-5-2/h8,11,17,19-20,22-23,25-26,28-29,38,65H,4-7,9-10,12-16,18,21,24,27,30-37,39-64H2,1-3H3/b11-8-,19-17-,22-20-,25-23-,28-26-,38-29-. The van der Waals surface area contributed by atoms with Crippen LogP contribution in [-0.2, 0) is 28.6 Å². The van der Waals surface area contributed by atoms with Crippen molar-refractivity contribution < 1.29 is 28.6 Å². The van der Waals surface area contributed by atoms with Crippen LogP contribution in [0.1, 0.15) is 323 Å². The highest BCUT2D eigenvalue weighted by atomic mass is 16.6. The number of unbranched alkanes of at least 4 members (excludes halogenated alkanes) is 35. The van der Waals surface area contributed by atoms with Crippen molar-refractivity contribution in [2.45, 2.75) is 329 Å². The van der Waals surface area contributed by atoms with Crippen LogP contribution in [0, 0.1) is 0 Å². The fraction of sp³-hybridized carbons (Fsp3) is 0.779. The highest BCUT2D eigenvalue weighted by Crippen LogP contribution is 2.17. The average molecular weight is 1030 g/mol. The summed E-state index contributed by atoms with van der Waals surface area (Å²) >= 11 is 0. The van der Waals surface area contributed by atoms with Gasteiger partial charge in [-0.3, -0.25) is 14.4 Å². The van der Waals surface area contributed by atoms with Crippen molar-refractivity contribution in [1.82, 2.24) is 0 Å². The van der Waals surface area contributed by atoms with Gasteiger partial charge in [-0.05, 0) is 89.9 Å². The SMILES string of the molecule is CC/C=C\C/C=C\C/C=C\C/C=C\CCCCCCCCCCC(=O)OC(COC(=O)CCCCCCCC)COC(=O)CCCCCCCCCCCCCCCCCCC/C=C\C/C=C\CCCCCCC. The summed E-state index contributed by atoms with van der Waals surface area (Å²) in [6.45, 7) is 6.48. The monoisotopic (exact) mass is 1030 g/mol. The molecule has 6 nitrogen and oxygen atoms in total. The van der Waals surface area contributed by atoms with E-state index in [0.29, 0.717) is 19.3 Å². The van der Waals surface area contributed by atoms with Crippen LogP contribution < -0.4 is 0 Å². The normalized spacial score (nSPS) is 12.5. The van der Waals surface area contributed by atoms with Crippen molar-refractivity contribution in [2.24, 2.45) is 0 Å². The Morgan fingerprint density at radius 2 is 0.527 bits per heavy atom. The van der Waals surface area contributed by atoms with E-state index in [1.54, 1.807) is 0 Å². The fourth-order valence-electron chi connectivity index (χ4n) is 9.17. The number of ether oxygens (including phenoxy) is 3. The summed E-state index contributed by atoms with van der Waals surface area (Å²) in [6, 6.07) is 0. The molecule has 0 aromatic heterocycles. The molecule has 0 aromatic rings. The molecule has 0 bridgehead atoms.